The Morgan fingerprint density at radius 1 is 1.23 bits per heavy atom. The summed E-state index contributed by atoms with van der Waals surface area (Å²) in [6.45, 7) is 1.86. The van der Waals surface area contributed by atoms with Crippen molar-refractivity contribution in [3.63, 3.8) is 0 Å². The van der Waals surface area contributed by atoms with Crippen molar-refractivity contribution in [2.75, 3.05) is 31.6 Å². The van der Waals surface area contributed by atoms with Gasteiger partial charge in [0, 0.05) is 25.2 Å². The van der Waals surface area contributed by atoms with Crippen LogP contribution >= 0.6 is 0 Å². The van der Waals surface area contributed by atoms with Gasteiger partial charge in [-0.2, -0.15) is 0 Å². The predicted octanol–water partition coefficient (Wildman–Crippen LogP) is -0.497. The molecule has 0 saturated carbocycles. The summed E-state index contributed by atoms with van der Waals surface area (Å²) in [5, 5.41) is 3.08. The van der Waals surface area contributed by atoms with Gasteiger partial charge in [0.05, 0.1) is 24.3 Å². The molecule has 3 amide bonds. The third-order valence-electron chi connectivity index (χ3n) is 3.95. The number of nitrogens with two attached hydrogens (primary N) is 2. The zero-order valence-electron chi connectivity index (χ0n) is 14.3. The molecule has 1 heterocycles. The van der Waals surface area contributed by atoms with Crippen LogP contribution in [0.2, 0.25) is 0 Å². The second kappa shape index (κ2) is 9.07. The molecular formula is C17H22N4O5. The van der Waals surface area contributed by atoms with Crippen LogP contribution in [-0.4, -0.2) is 61.3 Å². The van der Waals surface area contributed by atoms with E-state index in [1.807, 2.05) is 0 Å². The van der Waals surface area contributed by atoms with Crippen LogP contribution < -0.4 is 16.8 Å². The standard InChI is InChI=1S/C17H22N4O5/c18-5-8-26-9-6-20-11-3-4-12-13(10-11)17(25)21(16(12)24)14(15(19)23)2-1-7-22/h3-4,7,10,14,20H,1-2,5-6,8-9,18H2,(H2,19,23). The van der Waals surface area contributed by atoms with Gasteiger partial charge in [-0.3, -0.25) is 19.3 Å². The summed E-state index contributed by atoms with van der Waals surface area (Å²) in [6.07, 6.45) is 0.646. The topological polar surface area (TPSA) is 145 Å². The quantitative estimate of drug-likeness (QED) is 0.273. The van der Waals surface area contributed by atoms with Crippen molar-refractivity contribution in [1.82, 2.24) is 4.90 Å². The summed E-state index contributed by atoms with van der Waals surface area (Å²) in [7, 11) is 0. The summed E-state index contributed by atoms with van der Waals surface area (Å²) in [4.78, 5) is 48.2. The maximum atomic E-state index is 12.6. The summed E-state index contributed by atoms with van der Waals surface area (Å²) in [5.74, 6) is -2.00. The van der Waals surface area contributed by atoms with E-state index < -0.39 is 23.8 Å². The number of anilines is 1. The molecule has 1 atom stereocenters. The summed E-state index contributed by atoms with van der Waals surface area (Å²) in [5.41, 5.74) is 11.7. The van der Waals surface area contributed by atoms with Crippen LogP contribution in [0.4, 0.5) is 5.69 Å². The molecule has 0 bridgehead atoms. The Morgan fingerprint density at radius 2 is 1.96 bits per heavy atom. The smallest absolute Gasteiger partial charge is 0.262 e. The van der Waals surface area contributed by atoms with Gasteiger partial charge < -0.3 is 26.3 Å². The van der Waals surface area contributed by atoms with E-state index in [0.717, 1.165) is 4.90 Å². The van der Waals surface area contributed by atoms with Gasteiger partial charge in [-0.25, -0.2) is 0 Å². The van der Waals surface area contributed by atoms with Gasteiger partial charge in [0.2, 0.25) is 5.91 Å². The molecule has 26 heavy (non-hydrogen) atoms. The number of aldehydes is 1. The van der Waals surface area contributed by atoms with Gasteiger partial charge in [-0.15, -0.1) is 0 Å². The van der Waals surface area contributed by atoms with Crippen LogP contribution in [0.25, 0.3) is 0 Å². The van der Waals surface area contributed by atoms with E-state index >= 15 is 0 Å². The van der Waals surface area contributed by atoms with Crippen molar-refractivity contribution in [2.45, 2.75) is 18.9 Å². The van der Waals surface area contributed by atoms with E-state index in [2.05, 4.69) is 5.32 Å². The number of hydrogen-bond acceptors (Lipinski definition) is 7. The number of amides is 3. The first kappa shape index (κ1) is 19.5. The lowest BCUT2D eigenvalue weighted by Gasteiger charge is -2.22. The largest absolute Gasteiger partial charge is 0.383 e. The molecule has 1 aliphatic heterocycles. The fourth-order valence-corrected chi connectivity index (χ4v) is 2.73. The van der Waals surface area contributed by atoms with Gasteiger partial charge in [0.1, 0.15) is 12.3 Å². The zero-order valence-corrected chi connectivity index (χ0v) is 14.3. The average molecular weight is 362 g/mol. The maximum absolute atomic E-state index is 12.6. The Morgan fingerprint density at radius 3 is 2.62 bits per heavy atom. The van der Waals surface area contributed by atoms with Crippen LogP contribution in [0.3, 0.4) is 0 Å². The number of fused-ring (bicyclic) bond motifs is 1. The first-order valence-corrected chi connectivity index (χ1v) is 8.27. The van der Waals surface area contributed by atoms with E-state index in [9.17, 15) is 19.2 Å². The Hall–Kier alpha value is -2.78. The van der Waals surface area contributed by atoms with Crippen LogP contribution in [0.1, 0.15) is 33.6 Å². The third-order valence-corrected chi connectivity index (χ3v) is 3.95. The van der Waals surface area contributed by atoms with E-state index in [1.54, 1.807) is 12.1 Å². The first-order valence-electron chi connectivity index (χ1n) is 8.27. The van der Waals surface area contributed by atoms with Crippen LogP contribution in [0.5, 0.6) is 0 Å². The van der Waals surface area contributed by atoms with Crippen LogP contribution in [-0.2, 0) is 14.3 Å². The van der Waals surface area contributed by atoms with Crippen LogP contribution in [0, 0.1) is 0 Å². The Labute approximate surface area is 150 Å². The monoisotopic (exact) mass is 362 g/mol. The molecule has 9 heteroatoms. The van der Waals surface area contributed by atoms with Gasteiger partial charge in [-0.1, -0.05) is 0 Å². The highest BCUT2D eigenvalue weighted by molar-refractivity contribution is 6.23. The molecule has 5 N–H and O–H groups in total. The maximum Gasteiger partial charge on any atom is 0.262 e. The Balaban J connectivity index is 2.13. The van der Waals surface area contributed by atoms with Crippen LogP contribution in [0.15, 0.2) is 18.2 Å². The fraction of sp³-hybridized carbons (Fsp3) is 0.412. The lowest BCUT2D eigenvalue weighted by atomic mass is 10.1. The number of imide groups is 1. The minimum Gasteiger partial charge on any atom is -0.383 e. The molecule has 0 saturated heterocycles. The van der Waals surface area contributed by atoms with Gasteiger partial charge in [-0.05, 0) is 24.6 Å². The van der Waals surface area contributed by atoms with Crippen molar-refractivity contribution in [1.29, 1.82) is 0 Å². The molecule has 0 aromatic heterocycles. The molecule has 0 spiro atoms. The number of hydrogen-bond donors (Lipinski definition) is 3. The van der Waals surface area contributed by atoms with Gasteiger partial charge in [0.25, 0.3) is 11.8 Å². The average Bonchev–Trinajstić information content (AvgIpc) is 2.86. The number of ether oxygens (including phenoxy) is 1. The molecule has 1 aliphatic rings. The Kier molecular flexibility index (Phi) is 6.81. The van der Waals surface area contributed by atoms with Crippen molar-refractivity contribution < 1.29 is 23.9 Å². The highest BCUT2D eigenvalue weighted by Crippen LogP contribution is 2.28. The van der Waals surface area contributed by atoms with Crippen molar-refractivity contribution in [2.24, 2.45) is 11.5 Å². The molecule has 1 unspecified atom stereocenters. The number of nitrogens with zero attached hydrogens (tertiary/aromatic N) is 1. The third kappa shape index (κ3) is 4.24. The predicted molar refractivity (Wildman–Crippen MR) is 93.6 cm³/mol. The van der Waals surface area contributed by atoms with Gasteiger partial charge in [0.15, 0.2) is 0 Å². The molecule has 9 nitrogen and oxygen atoms in total. The number of rotatable bonds is 11. The molecule has 1 aromatic rings. The summed E-state index contributed by atoms with van der Waals surface area (Å²) >= 11 is 0. The van der Waals surface area contributed by atoms with Gasteiger partial charge >= 0.3 is 0 Å². The van der Waals surface area contributed by atoms with Crippen molar-refractivity contribution in [3.05, 3.63) is 29.3 Å². The lowest BCUT2D eigenvalue weighted by Crippen LogP contribution is -2.47. The summed E-state index contributed by atoms with van der Waals surface area (Å²) in [6, 6.07) is 3.60. The number of carbonyl (C=O) groups excluding carboxylic acids is 4. The minimum absolute atomic E-state index is 0.00783. The number of primary amides is 1. The Bertz CT molecular complexity index is 706. The molecule has 0 fully saturated rings. The second-order valence-corrected chi connectivity index (χ2v) is 5.73. The SMILES string of the molecule is NCCOCCNc1ccc2c(c1)C(=O)N(C(CCC=O)C(N)=O)C2=O. The molecule has 0 aliphatic carbocycles. The molecule has 2 rings (SSSR count). The molecular weight excluding hydrogens is 340 g/mol. The normalized spacial score (nSPS) is 14.3. The minimum atomic E-state index is -1.14. The van der Waals surface area contributed by atoms with E-state index in [4.69, 9.17) is 16.2 Å². The van der Waals surface area contributed by atoms with E-state index in [-0.39, 0.29) is 24.0 Å². The second-order valence-electron chi connectivity index (χ2n) is 5.73. The molecule has 140 valence electrons. The van der Waals surface area contributed by atoms with Crippen molar-refractivity contribution >= 4 is 29.7 Å². The zero-order chi connectivity index (χ0) is 19.1. The number of carbonyl (C=O) groups is 4. The number of benzene rings is 1. The van der Waals surface area contributed by atoms with E-state index in [0.29, 0.717) is 38.3 Å². The van der Waals surface area contributed by atoms with Crippen molar-refractivity contribution in [3.8, 4) is 0 Å². The van der Waals surface area contributed by atoms with E-state index in [1.165, 1.54) is 6.07 Å². The summed E-state index contributed by atoms with van der Waals surface area (Å²) < 4.78 is 5.25. The molecule has 1 aromatic carbocycles. The number of nitrogens with one attached hydrogen (secondary N) is 1. The first-order chi connectivity index (χ1) is 12.5. The lowest BCUT2D eigenvalue weighted by molar-refractivity contribution is -0.122. The highest BCUT2D eigenvalue weighted by Gasteiger charge is 2.41. The fourth-order valence-electron chi connectivity index (χ4n) is 2.73. The molecule has 0 radical (unpaired) electrons. The highest BCUT2D eigenvalue weighted by atomic mass is 16.5.